The van der Waals surface area contributed by atoms with E-state index in [0.717, 1.165) is 0 Å². The fraction of sp³-hybridized carbons (Fsp3) is 0.429. The van der Waals surface area contributed by atoms with Gasteiger partial charge in [0.1, 0.15) is 5.75 Å². The number of benzene rings is 1. The first kappa shape index (κ1) is 16.5. The monoisotopic (exact) mass is 343 g/mol. The highest BCUT2D eigenvalue weighted by atomic mass is 79.9. The van der Waals surface area contributed by atoms with E-state index in [1.165, 1.54) is 6.07 Å². The summed E-state index contributed by atoms with van der Waals surface area (Å²) in [4.78, 5) is 23.4. The molecule has 0 aliphatic heterocycles. The molecule has 0 aliphatic carbocycles. The average molecular weight is 344 g/mol. The standard InChI is InChI=1S/C14H18BrNO4/c1-13(2,12(19)20)14(3,4)16-11(18)8-5-6-9(15)10(17)7-8/h5-7,17H,1-4H3,(H,16,18)(H,19,20). The van der Waals surface area contributed by atoms with E-state index in [1.54, 1.807) is 39.8 Å². The van der Waals surface area contributed by atoms with Crippen molar-refractivity contribution in [2.45, 2.75) is 33.2 Å². The third kappa shape index (κ3) is 3.12. The predicted molar refractivity (Wildman–Crippen MR) is 78.8 cm³/mol. The van der Waals surface area contributed by atoms with Crippen LogP contribution in [0.5, 0.6) is 5.75 Å². The van der Waals surface area contributed by atoms with E-state index in [0.29, 0.717) is 4.47 Å². The van der Waals surface area contributed by atoms with E-state index in [2.05, 4.69) is 21.2 Å². The van der Waals surface area contributed by atoms with Crippen molar-refractivity contribution in [3.8, 4) is 5.75 Å². The number of amides is 1. The Hall–Kier alpha value is -1.56. The molecule has 0 bridgehead atoms. The van der Waals surface area contributed by atoms with Gasteiger partial charge in [0.15, 0.2) is 0 Å². The number of carboxylic acid groups (broad SMARTS) is 1. The Morgan fingerprint density at radius 1 is 1.20 bits per heavy atom. The lowest BCUT2D eigenvalue weighted by Crippen LogP contribution is -2.56. The van der Waals surface area contributed by atoms with Crippen LogP contribution >= 0.6 is 15.9 Å². The van der Waals surface area contributed by atoms with Gasteiger partial charge in [-0.3, -0.25) is 9.59 Å². The van der Waals surface area contributed by atoms with Gasteiger partial charge < -0.3 is 15.5 Å². The average Bonchev–Trinajstić information content (AvgIpc) is 2.31. The minimum absolute atomic E-state index is 0.0482. The molecule has 6 heteroatoms. The first-order valence-electron chi connectivity index (χ1n) is 6.03. The van der Waals surface area contributed by atoms with Gasteiger partial charge in [0.25, 0.3) is 5.91 Å². The van der Waals surface area contributed by atoms with Crippen molar-refractivity contribution in [1.82, 2.24) is 5.32 Å². The number of carbonyl (C=O) groups is 2. The number of carboxylic acids is 1. The van der Waals surface area contributed by atoms with E-state index in [-0.39, 0.29) is 11.3 Å². The second kappa shape index (κ2) is 5.44. The molecule has 0 aromatic heterocycles. The topological polar surface area (TPSA) is 86.6 Å². The zero-order valence-corrected chi connectivity index (χ0v) is 13.4. The number of hydrogen-bond donors (Lipinski definition) is 3. The molecule has 1 amide bonds. The summed E-state index contributed by atoms with van der Waals surface area (Å²) in [6.07, 6.45) is 0. The predicted octanol–water partition coefficient (Wildman–Crippen LogP) is 2.77. The van der Waals surface area contributed by atoms with Gasteiger partial charge in [-0.05, 0) is 61.8 Å². The molecule has 0 atom stereocenters. The molecule has 0 saturated heterocycles. The van der Waals surface area contributed by atoms with Crippen LogP contribution in [0.15, 0.2) is 22.7 Å². The minimum atomic E-state index is -1.14. The second-order valence-electron chi connectivity index (χ2n) is 5.68. The van der Waals surface area contributed by atoms with E-state index in [1.807, 2.05) is 0 Å². The van der Waals surface area contributed by atoms with Crippen LogP contribution in [0.3, 0.4) is 0 Å². The van der Waals surface area contributed by atoms with Crippen molar-refractivity contribution in [2.24, 2.45) is 5.41 Å². The molecule has 0 spiro atoms. The largest absolute Gasteiger partial charge is 0.507 e. The summed E-state index contributed by atoms with van der Waals surface area (Å²) in [5.74, 6) is -1.48. The number of rotatable bonds is 4. The number of phenols is 1. The fourth-order valence-corrected chi connectivity index (χ4v) is 1.68. The number of phenolic OH excluding ortho intramolecular Hbond substituents is 1. The Bertz CT molecular complexity index is 552. The van der Waals surface area contributed by atoms with Gasteiger partial charge in [0.2, 0.25) is 0 Å². The third-order valence-corrected chi connectivity index (χ3v) is 4.40. The number of hydrogen-bond acceptors (Lipinski definition) is 3. The van der Waals surface area contributed by atoms with Crippen LogP contribution in [0, 0.1) is 5.41 Å². The van der Waals surface area contributed by atoms with Crippen LogP contribution in [-0.2, 0) is 4.79 Å². The highest BCUT2D eigenvalue weighted by Gasteiger charge is 2.44. The van der Waals surface area contributed by atoms with Crippen molar-refractivity contribution in [1.29, 1.82) is 0 Å². The van der Waals surface area contributed by atoms with E-state index in [4.69, 9.17) is 0 Å². The normalized spacial score (nSPS) is 12.1. The molecule has 1 aromatic carbocycles. The summed E-state index contributed by atoms with van der Waals surface area (Å²) >= 11 is 3.13. The van der Waals surface area contributed by atoms with Crippen molar-refractivity contribution >= 4 is 27.8 Å². The highest BCUT2D eigenvalue weighted by Crippen LogP contribution is 2.31. The number of carbonyl (C=O) groups excluding carboxylic acids is 1. The van der Waals surface area contributed by atoms with Crippen molar-refractivity contribution in [2.75, 3.05) is 0 Å². The van der Waals surface area contributed by atoms with Crippen LogP contribution in [0.1, 0.15) is 38.1 Å². The first-order chi connectivity index (χ1) is 8.99. The molecule has 0 saturated carbocycles. The van der Waals surface area contributed by atoms with Crippen LogP contribution < -0.4 is 5.32 Å². The van der Waals surface area contributed by atoms with Gasteiger partial charge in [-0.2, -0.15) is 0 Å². The molecule has 20 heavy (non-hydrogen) atoms. The van der Waals surface area contributed by atoms with Gasteiger partial charge in [0, 0.05) is 5.56 Å². The van der Waals surface area contributed by atoms with Gasteiger partial charge >= 0.3 is 5.97 Å². The maximum Gasteiger partial charge on any atom is 0.311 e. The summed E-state index contributed by atoms with van der Waals surface area (Å²) in [6, 6.07) is 4.42. The minimum Gasteiger partial charge on any atom is -0.507 e. The molecular formula is C14H18BrNO4. The highest BCUT2D eigenvalue weighted by molar-refractivity contribution is 9.10. The Morgan fingerprint density at radius 2 is 1.75 bits per heavy atom. The second-order valence-corrected chi connectivity index (χ2v) is 6.53. The summed E-state index contributed by atoms with van der Waals surface area (Å²) in [5.41, 5.74) is -1.83. The Kier molecular flexibility index (Phi) is 4.49. The zero-order valence-electron chi connectivity index (χ0n) is 11.8. The van der Waals surface area contributed by atoms with Crippen molar-refractivity contribution < 1.29 is 19.8 Å². The molecule has 0 radical (unpaired) electrons. The molecule has 1 rings (SSSR count). The molecule has 0 aliphatic rings. The number of aliphatic carboxylic acids is 1. The van der Waals surface area contributed by atoms with E-state index in [9.17, 15) is 19.8 Å². The molecule has 3 N–H and O–H groups in total. The Labute approximate surface area is 126 Å². The van der Waals surface area contributed by atoms with E-state index < -0.39 is 22.8 Å². The number of halogens is 1. The quantitative estimate of drug-likeness (QED) is 0.784. The maximum atomic E-state index is 12.2. The SMILES string of the molecule is CC(C)(NC(=O)c1ccc(Br)c(O)c1)C(C)(C)C(=O)O. The van der Waals surface area contributed by atoms with Gasteiger partial charge in [-0.1, -0.05) is 0 Å². The summed E-state index contributed by atoms with van der Waals surface area (Å²) in [5, 5.41) is 21.5. The number of aromatic hydroxyl groups is 1. The lowest BCUT2D eigenvalue weighted by Gasteiger charge is -2.38. The molecule has 0 heterocycles. The van der Waals surface area contributed by atoms with Crippen molar-refractivity contribution in [3.05, 3.63) is 28.2 Å². The molecule has 0 fully saturated rings. The molecular weight excluding hydrogens is 326 g/mol. The Morgan fingerprint density at radius 3 is 2.20 bits per heavy atom. The molecule has 0 unspecified atom stereocenters. The van der Waals surface area contributed by atoms with Crippen LogP contribution in [0.2, 0.25) is 0 Å². The summed E-state index contributed by atoms with van der Waals surface area (Å²) in [7, 11) is 0. The fourth-order valence-electron chi connectivity index (χ4n) is 1.43. The maximum absolute atomic E-state index is 12.2. The molecule has 110 valence electrons. The summed E-state index contributed by atoms with van der Waals surface area (Å²) in [6.45, 7) is 6.40. The lowest BCUT2D eigenvalue weighted by atomic mass is 9.74. The van der Waals surface area contributed by atoms with Crippen LogP contribution in [0.4, 0.5) is 0 Å². The number of nitrogens with one attached hydrogen (secondary N) is 1. The van der Waals surface area contributed by atoms with Crippen LogP contribution in [0.25, 0.3) is 0 Å². The van der Waals surface area contributed by atoms with Gasteiger partial charge in [0.05, 0.1) is 15.4 Å². The van der Waals surface area contributed by atoms with E-state index >= 15 is 0 Å². The van der Waals surface area contributed by atoms with Gasteiger partial charge in [-0.15, -0.1) is 0 Å². The first-order valence-corrected chi connectivity index (χ1v) is 6.83. The summed E-state index contributed by atoms with van der Waals surface area (Å²) < 4.78 is 0.485. The van der Waals surface area contributed by atoms with Crippen molar-refractivity contribution in [3.63, 3.8) is 0 Å². The zero-order chi connectivity index (χ0) is 15.7. The molecule has 1 aromatic rings. The third-order valence-electron chi connectivity index (χ3n) is 3.73. The van der Waals surface area contributed by atoms with Crippen LogP contribution in [-0.4, -0.2) is 27.6 Å². The Balaban J connectivity index is 3.00. The smallest absolute Gasteiger partial charge is 0.311 e. The van der Waals surface area contributed by atoms with Gasteiger partial charge in [-0.25, -0.2) is 0 Å². The lowest BCUT2D eigenvalue weighted by molar-refractivity contribution is -0.150. The molecule has 5 nitrogen and oxygen atoms in total.